The fourth-order valence-corrected chi connectivity index (χ4v) is 5.13. The molecule has 9 heteroatoms. The molecule has 0 fully saturated rings. The lowest BCUT2D eigenvalue weighted by molar-refractivity contribution is -0.139. The van der Waals surface area contributed by atoms with Crippen molar-refractivity contribution >= 4 is 39.1 Å². The van der Waals surface area contributed by atoms with Crippen LogP contribution in [0.15, 0.2) is 78.9 Å². The summed E-state index contributed by atoms with van der Waals surface area (Å²) in [6, 6.07) is 22.6. The SMILES string of the molecule is CCc1ccc(N(CC(=O)N(Cc2cccc(Cl)c2)C(Cc2ccccc2)C(=O)NC)S(C)(=O)=O)cc1. The number of benzene rings is 3. The molecule has 37 heavy (non-hydrogen) atoms. The van der Waals surface area contributed by atoms with Crippen molar-refractivity contribution in [3.63, 3.8) is 0 Å². The number of nitrogens with zero attached hydrogens (tertiary/aromatic N) is 2. The third-order valence-corrected chi connectivity index (χ3v) is 7.45. The van der Waals surface area contributed by atoms with Crippen molar-refractivity contribution in [2.75, 3.05) is 24.2 Å². The molecule has 3 aromatic rings. The fourth-order valence-electron chi connectivity index (χ4n) is 4.06. The molecule has 0 aliphatic heterocycles. The highest BCUT2D eigenvalue weighted by atomic mass is 35.5. The summed E-state index contributed by atoms with van der Waals surface area (Å²) in [7, 11) is -2.28. The van der Waals surface area contributed by atoms with Gasteiger partial charge in [-0.3, -0.25) is 13.9 Å². The second-order valence-electron chi connectivity index (χ2n) is 8.76. The summed E-state index contributed by atoms with van der Waals surface area (Å²) >= 11 is 6.19. The van der Waals surface area contributed by atoms with E-state index >= 15 is 0 Å². The predicted octanol–water partition coefficient (Wildman–Crippen LogP) is 4.05. The summed E-state index contributed by atoms with van der Waals surface area (Å²) in [6.07, 6.45) is 2.13. The van der Waals surface area contributed by atoms with Gasteiger partial charge in [-0.15, -0.1) is 0 Å². The predicted molar refractivity (Wildman–Crippen MR) is 148 cm³/mol. The number of hydrogen-bond donors (Lipinski definition) is 1. The summed E-state index contributed by atoms with van der Waals surface area (Å²) in [4.78, 5) is 28.4. The third-order valence-electron chi connectivity index (χ3n) is 6.07. The van der Waals surface area contributed by atoms with Gasteiger partial charge in [-0.25, -0.2) is 8.42 Å². The second-order valence-corrected chi connectivity index (χ2v) is 11.1. The van der Waals surface area contributed by atoms with Crippen molar-refractivity contribution in [1.82, 2.24) is 10.2 Å². The molecule has 0 aromatic heterocycles. The van der Waals surface area contributed by atoms with Crippen LogP contribution in [0.1, 0.15) is 23.6 Å². The normalized spacial score (nSPS) is 12.0. The molecule has 1 unspecified atom stereocenters. The van der Waals surface area contributed by atoms with Gasteiger partial charge in [0.1, 0.15) is 12.6 Å². The van der Waals surface area contributed by atoms with Crippen LogP contribution in [-0.4, -0.2) is 51.0 Å². The van der Waals surface area contributed by atoms with E-state index in [1.807, 2.05) is 55.5 Å². The van der Waals surface area contributed by atoms with Crippen LogP contribution in [0.4, 0.5) is 5.69 Å². The first-order chi connectivity index (χ1) is 17.6. The maximum Gasteiger partial charge on any atom is 0.244 e. The van der Waals surface area contributed by atoms with E-state index in [2.05, 4.69) is 5.32 Å². The van der Waals surface area contributed by atoms with Crippen molar-refractivity contribution in [2.45, 2.75) is 32.4 Å². The first-order valence-corrected chi connectivity index (χ1v) is 14.2. The number of aryl methyl sites for hydroxylation is 1. The Bertz CT molecular complexity index is 1310. The van der Waals surface area contributed by atoms with E-state index in [1.165, 1.54) is 11.9 Å². The Morgan fingerprint density at radius 3 is 2.14 bits per heavy atom. The fraction of sp³-hybridized carbons (Fsp3) is 0.286. The highest BCUT2D eigenvalue weighted by molar-refractivity contribution is 7.92. The molecule has 0 aliphatic rings. The molecule has 7 nitrogen and oxygen atoms in total. The molecule has 1 N–H and O–H groups in total. The average Bonchev–Trinajstić information content (AvgIpc) is 2.88. The van der Waals surface area contributed by atoms with Gasteiger partial charge in [-0.2, -0.15) is 0 Å². The summed E-state index contributed by atoms with van der Waals surface area (Å²) < 4.78 is 26.6. The number of amides is 2. The number of nitrogens with one attached hydrogen (secondary N) is 1. The molecule has 0 radical (unpaired) electrons. The first kappa shape index (κ1) is 28.2. The number of anilines is 1. The van der Waals surface area contributed by atoms with Crippen molar-refractivity contribution < 1.29 is 18.0 Å². The van der Waals surface area contributed by atoms with Gasteiger partial charge in [0.2, 0.25) is 21.8 Å². The number of carbonyl (C=O) groups excluding carboxylic acids is 2. The zero-order valence-corrected chi connectivity index (χ0v) is 22.8. The highest BCUT2D eigenvalue weighted by Gasteiger charge is 2.32. The number of hydrogen-bond acceptors (Lipinski definition) is 4. The first-order valence-electron chi connectivity index (χ1n) is 12.0. The minimum atomic E-state index is -3.79. The molecule has 3 rings (SSSR count). The Morgan fingerprint density at radius 2 is 1.57 bits per heavy atom. The summed E-state index contributed by atoms with van der Waals surface area (Å²) in [6.45, 7) is 1.63. The molecular weight excluding hydrogens is 510 g/mol. The maximum atomic E-state index is 13.8. The molecule has 2 amide bonds. The largest absolute Gasteiger partial charge is 0.357 e. The molecular formula is C28H32ClN3O4S. The van der Waals surface area contributed by atoms with E-state index in [1.54, 1.807) is 30.3 Å². The molecule has 196 valence electrons. The summed E-state index contributed by atoms with van der Waals surface area (Å²) in [5, 5.41) is 3.15. The highest BCUT2D eigenvalue weighted by Crippen LogP contribution is 2.22. The number of halogens is 1. The minimum Gasteiger partial charge on any atom is -0.357 e. The van der Waals surface area contributed by atoms with Crippen LogP contribution in [0, 0.1) is 0 Å². The van der Waals surface area contributed by atoms with Crippen molar-refractivity contribution in [2.24, 2.45) is 0 Å². The van der Waals surface area contributed by atoms with Gasteiger partial charge in [0.15, 0.2) is 0 Å². The Morgan fingerprint density at radius 1 is 0.919 bits per heavy atom. The molecule has 0 heterocycles. The van der Waals surface area contributed by atoms with Crippen LogP contribution in [-0.2, 0) is 39.0 Å². The average molecular weight is 542 g/mol. The number of sulfonamides is 1. The third kappa shape index (κ3) is 7.81. The van der Waals surface area contributed by atoms with Gasteiger partial charge in [-0.1, -0.05) is 73.1 Å². The molecule has 0 spiro atoms. The van der Waals surface area contributed by atoms with Gasteiger partial charge >= 0.3 is 0 Å². The number of likely N-dealkylation sites (N-methyl/N-ethyl adjacent to an activating group) is 1. The molecule has 0 aliphatic carbocycles. The second kappa shape index (κ2) is 12.7. The molecule has 0 saturated heterocycles. The smallest absolute Gasteiger partial charge is 0.244 e. The van der Waals surface area contributed by atoms with E-state index in [4.69, 9.17) is 11.6 Å². The quantitative estimate of drug-likeness (QED) is 0.397. The van der Waals surface area contributed by atoms with E-state index in [0.717, 1.165) is 33.7 Å². The standard InChI is InChI=1S/C28H32ClN3O4S/c1-4-21-13-15-25(16-14-21)32(37(3,35)36)20-27(33)31(19-23-11-8-12-24(29)17-23)26(28(34)30-2)18-22-9-6-5-7-10-22/h5-17,26H,4,18-20H2,1-3H3,(H,30,34). The number of carbonyl (C=O) groups is 2. The van der Waals surface area contributed by atoms with Gasteiger partial charge in [0.25, 0.3) is 0 Å². The molecule has 0 saturated carbocycles. The zero-order valence-electron chi connectivity index (χ0n) is 21.2. The lowest BCUT2D eigenvalue weighted by Crippen LogP contribution is -2.52. The Hall–Kier alpha value is -3.36. The maximum absolute atomic E-state index is 13.8. The van der Waals surface area contributed by atoms with Crippen LogP contribution in [0.3, 0.4) is 0 Å². The van der Waals surface area contributed by atoms with Crippen molar-refractivity contribution in [3.8, 4) is 0 Å². The van der Waals surface area contributed by atoms with E-state index in [9.17, 15) is 18.0 Å². The van der Waals surface area contributed by atoms with E-state index in [-0.39, 0.29) is 18.9 Å². The Kier molecular flexibility index (Phi) is 9.72. The van der Waals surface area contributed by atoms with Crippen molar-refractivity contribution in [3.05, 3.63) is 101 Å². The van der Waals surface area contributed by atoms with Gasteiger partial charge in [-0.05, 0) is 47.4 Å². The monoisotopic (exact) mass is 541 g/mol. The van der Waals surface area contributed by atoms with Crippen LogP contribution >= 0.6 is 11.6 Å². The molecule has 0 bridgehead atoms. The Balaban J connectivity index is 2.01. The van der Waals surface area contributed by atoms with Gasteiger partial charge in [0.05, 0.1) is 11.9 Å². The summed E-state index contributed by atoms with van der Waals surface area (Å²) in [5.41, 5.74) is 3.03. The van der Waals surface area contributed by atoms with Crippen LogP contribution in [0.25, 0.3) is 0 Å². The van der Waals surface area contributed by atoms with E-state index in [0.29, 0.717) is 10.7 Å². The minimum absolute atomic E-state index is 0.0800. The van der Waals surface area contributed by atoms with E-state index < -0.39 is 28.5 Å². The lowest BCUT2D eigenvalue weighted by Gasteiger charge is -2.33. The summed E-state index contributed by atoms with van der Waals surface area (Å²) in [5.74, 6) is -0.855. The molecule has 1 atom stereocenters. The zero-order chi connectivity index (χ0) is 27.0. The van der Waals surface area contributed by atoms with Crippen LogP contribution in [0.5, 0.6) is 0 Å². The molecule has 3 aromatic carbocycles. The lowest BCUT2D eigenvalue weighted by atomic mass is 10.0. The van der Waals surface area contributed by atoms with Crippen LogP contribution in [0.2, 0.25) is 5.02 Å². The van der Waals surface area contributed by atoms with Gasteiger partial charge < -0.3 is 10.2 Å². The topological polar surface area (TPSA) is 86.8 Å². The number of rotatable bonds is 11. The van der Waals surface area contributed by atoms with Gasteiger partial charge in [0, 0.05) is 25.0 Å². The van der Waals surface area contributed by atoms with Crippen molar-refractivity contribution in [1.29, 1.82) is 0 Å². The Labute approximate surface area is 224 Å². The van der Waals surface area contributed by atoms with Crippen LogP contribution < -0.4 is 9.62 Å².